The van der Waals surface area contributed by atoms with Gasteiger partial charge in [-0.25, -0.2) is 4.79 Å². The van der Waals surface area contributed by atoms with Crippen LogP contribution in [0, 0.1) is 5.92 Å². The van der Waals surface area contributed by atoms with Crippen molar-refractivity contribution in [3.8, 4) is 0 Å². The highest BCUT2D eigenvalue weighted by Gasteiger charge is 2.22. The first-order valence-electron chi connectivity index (χ1n) is 6.18. The van der Waals surface area contributed by atoms with Crippen molar-refractivity contribution in [2.24, 2.45) is 5.92 Å². The average molecular weight is 227 g/mol. The van der Waals surface area contributed by atoms with E-state index in [1.165, 1.54) is 12.8 Å². The lowest BCUT2D eigenvalue weighted by atomic mass is 9.93. The van der Waals surface area contributed by atoms with Gasteiger partial charge in [0.1, 0.15) is 0 Å². The Morgan fingerprint density at radius 2 is 2.12 bits per heavy atom. The maximum Gasteiger partial charge on any atom is 0.315 e. The van der Waals surface area contributed by atoms with Crippen molar-refractivity contribution in [2.75, 3.05) is 13.1 Å². The first kappa shape index (κ1) is 13.3. The Balaban J connectivity index is 2.32. The zero-order chi connectivity index (χ0) is 12.2. The summed E-state index contributed by atoms with van der Waals surface area (Å²) in [5.41, 5.74) is -0.172. The minimum absolute atomic E-state index is 0.0643. The summed E-state index contributed by atoms with van der Waals surface area (Å²) in [4.78, 5) is 11.7. The van der Waals surface area contributed by atoms with E-state index in [1.54, 1.807) is 0 Å². The topological polar surface area (TPSA) is 53.2 Å². The van der Waals surface area contributed by atoms with Crippen molar-refractivity contribution in [2.45, 2.75) is 52.1 Å². The molecule has 1 fully saturated rings. The molecule has 1 heterocycles. The molecule has 16 heavy (non-hydrogen) atoms. The third-order valence-electron chi connectivity index (χ3n) is 2.89. The number of piperidine rings is 1. The van der Waals surface area contributed by atoms with Gasteiger partial charge in [-0.1, -0.05) is 0 Å². The lowest BCUT2D eigenvalue weighted by molar-refractivity contribution is 0.219. The summed E-state index contributed by atoms with van der Waals surface area (Å²) in [5, 5.41) is 9.30. The van der Waals surface area contributed by atoms with Gasteiger partial charge in [-0.15, -0.1) is 0 Å². The highest BCUT2D eigenvalue weighted by Crippen LogP contribution is 2.14. The smallest absolute Gasteiger partial charge is 0.315 e. The standard InChI is InChI=1S/C12H25N3O/c1-9(10-6-5-7-13-8-10)14-11(16)15-12(2,3)4/h9-10,13H,5-8H2,1-4H3,(H2,14,15,16)/t9-,10-/m1/s1. The van der Waals surface area contributed by atoms with Crippen LogP contribution in [0.4, 0.5) is 4.79 Å². The number of rotatable bonds is 2. The molecule has 1 aliphatic rings. The monoisotopic (exact) mass is 227 g/mol. The molecule has 94 valence electrons. The second kappa shape index (κ2) is 5.53. The zero-order valence-electron chi connectivity index (χ0n) is 10.9. The zero-order valence-corrected chi connectivity index (χ0v) is 10.9. The van der Waals surface area contributed by atoms with Crippen molar-refractivity contribution in [3.63, 3.8) is 0 Å². The number of nitrogens with one attached hydrogen (secondary N) is 3. The molecular formula is C12H25N3O. The van der Waals surface area contributed by atoms with E-state index in [0.717, 1.165) is 13.1 Å². The molecule has 2 amide bonds. The van der Waals surface area contributed by atoms with Gasteiger partial charge in [-0.3, -0.25) is 0 Å². The number of hydrogen-bond acceptors (Lipinski definition) is 2. The van der Waals surface area contributed by atoms with Crippen molar-refractivity contribution in [1.82, 2.24) is 16.0 Å². The molecule has 0 aliphatic carbocycles. The summed E-state index contributed by atoms with van der Waals surface area (Å²) in [6.07, 6.45) is 2.40. The Labute approximate surface area is 98.6 Å². The molecule has 2 atom stereocenters. The average Bonchev–Trinajstić information content (AvgIpc) is 2.16. The molecule has 1 saturated heterocycles. The van der Waals surface area contributed by atoms with E-state index in [4.69, 9.17) is 0 Å². The van der Waals surface area contributed by atoms with Crippen molar-refractivity contribution < 1.29 is 4.79 Å². The van der Waals surface area contributed by atoms with Crippen LogP contribution in [-0.4, -0.2) is 30.7 Å². The molecule has 0 aromatic heterocycles. The highest BCUT2D eigenvalue weighted by atomic mass is 16.2. The molecule has 4 heteroatoms. The van der Waals surface area contributed by atoms with Gasteiger partial charge in [-0.05, 0) is 59.5 Å². The van der Waals surface area contributed by atoms with E-state index in [-0.39, 0.29) is 17.6 Å². The molecule has 4 nitrogen and oxygen atoms in total. The number of urea groups is 1. The Bertz CT molecular complexity index is 229. The molecule has 0 unspecified atom stereocenters. The second-order valence-electron chi connectivity index (χ2n) is 5.74. The van der Waals surface area contributed by atoms with Gasteiger partial charge < -0.3 is 16.0 Å². The quantitative estimate of drug-likeness (QED) is 0.669. The van der Waals surface area contributed by atoms with Crippen molar-refractivity contribution in [1.29, 1.82) is 0 Å². The van der Waals surface area contributed by atoms with Crippen LogP contribution in [0.3, 0.4) is 0 Å². The van der Waals surface area contributed by atoms with Gasteiger partial charge in [0.2, 0.25) is 0 Å². The minimum Gasteiger partial charge on any atom is -0.335 e. The second-order valence-corrected chi connectivity index (χ2v) is 5.74. The third-order valence-corrected chi connectivity index (χ3v) is 2.89. The minimum atomic E-state index is -0.172. The van der Waals surface area contributed by atoms with Gasteiger partial charge >= 0.3 is 6.03 Å². The van der Waals surface area contributed by atoms with Crippen LogP contribution in [0.5, 0.6) is 0 Å². The number of amides is 2. The molecule has 0 spiro atoms. The van der Waals surface area contributed by atoms with Gasteiger partial charge in [-0.2, -0.15) is 0 Å². The van der Waals surface area contributed by atoms with Crippen LogP contribution < -0.4 is 16.0 Å². The molecular weight excluding hydrogens is 202 g/mol. The number of carbonyl (C=O) groups excluding carboxylic acids is 1. The fourth-order valence-corrected chi connectivity index (χ4v) is 2.01. The lowest BCUT2D eigenvalue weighted by Crippen LogP contribution is -2.52. The number of carbonyl (C=O) groups is 1. The van der Waals surface area contributed by atoms with Gasteiger partial charge in [0, 0.05) is 11.6 Å². The summed E-state index contributed by atoms with van der Waals surface area (Å²) < 4.78 is 0. The normalized spacial score (nSPS) is 23.6. The van der Waals surface area contributed by atoms with Gasteiger partial charge in [0.05, 0.1) is 0 Å². The van der Waals surface area contributed by atoms with Crippen LogP contribution in [-0.2, 0) is 0 Å². The predicted octanol–water partition coefficient (Wildman–Crippen LogP) is 1.47. The van der Waals surface area contributed by atoms with Crippen LogP contribution >= 0.6 is 0 Å². The third kappa shape index (κ3) is 4.84. The van der Waals surface area contributed by atoms with E-state index < -0.39 is 0 Å². The van der Waals surface area contributed by atoms with E-state index in [0.29, 0.717) is 5.92 Å². The first-order chi connectivity index (χ1) is 7.38. The van der Waals surface area contributed by atoms with Crippen molar-refractivity contribution in [3.05, 3.63) is 0 Å². The lowest BCUT2D eigenvalue weighted by Gasteiger charge is -2.30. The first-order valence-corrected chi connectivity index (χ1v) is 6.18. The Hall–Kier alpha value is -0.770. The molecule has 0 radical (unpaired) electrons. The van der Waals surface area contributed by atoms with Crippen LogP contribution in [0.25, 0.3) is 0 Å². The summed E-state index contributed by atoms with van der Waals surface area (Å²) in [6, 6.07) is 0.167. The maximum atomic E-state index is 11.7. The summed E-state index contributed by atoms with van der Waals surface area (Å²) in [6.45, 7) is 10.2. The predicted molar refractivity (Wildman–Crippen MR) is 66.5 cm³/mol. The summed E-state index contributed by atoms with van der Waals surface area (Å²) in [5.74, 6) is 0.555. The fraction of sp³-hybridized carbons (Fsp3) is 0.917. The van der Waals surface area contributed by atoms with Crippen LogP contribution in [0.15, 0.2) is 0 Å². The Morgan fingerprint density at radius 3 is 2.62 bits per heavy atom. The Kier molecular flexibility index (Phi) is 4.59. The molecule has 1 aliphatic heterocycles. The summed E-state index contributed by atoms with van der Waals surface area (Å²) in [7, 11) is 0. The van der Waals surface area contributed by atoms with Gasteiger partial charge in [0.25, 0.3) is 0 Å². The molecule has 0 bridgehead atoms. The molecule has 1 rings (SSSR count). The molecule has 0 aromatic rings. The Morgan fingerprint density at radius 1 is 1.44 bits per heavy atom. The van der Waals surface area contributed by atoms with Crippen molar-refractivity contribution >= 4 is 6.03 Å². The number of hydrogen-bond donors (Lipinski definition) is 3. The molecule has 0 aromatic carbocycles. The SMILES string of the molecule is C[C@@H](NC(=O)NC(C)(C)C)[C@@H]1CCCNC1. The highest BCUT2D eigenvalue weighted by molar-refractivity contribution is 5.74. The largest absolute Gasteiger partial charge is 0.335 e. The summed E-state index contributed by atoms with van der Waals surface area (Å²) >= 11 is 0. The van der Waals surface area contributed by atoms with E-state index >= 15 is 0 Å². The van der Waals surface area contributed by atoms with Crippen LogP contribution in [0.1, 0.15) is 40.5 Å². The van der Waals surface area contributed by atoms with E-state index in [9.17, 15) is 4.79 Å². The molecule has 3 N–H and O–H groups in total. The maximum absolute atomic E-state index is 11.7. The van der Waals surface area contributed by atoms with E-state index in [2.05, 4.69) is 22.9 Å². The van der Waals surface area contributed by atoms with Crippen LogP contribution in [0.2, 0.25) is 0 Å². The molecule has 0 saturated carbocycles. The van der Waals surface area contributed by atoms with E-state index in [1.807, 2.05) is 20.8 Å². The fourth-order valence-electron chi connectivity index (χ4n) is 2.01. The van der Waals surface area contributed by atoms with Gasteiger partial charge in [0.15, 0.2) is 0 Å².